The first-order valence-electron chi connectivity index (χ1n) is 8.64. The lowest BCUT2D eigenvalue weighted by molar-refractivity contribution is -0.128. The smallest absolute Gasteiger partial charge is 0.232 e. The summed E-state index contributed by atoms with van der Waals surface area (Å²) in [5, 5.41) is 0. The van der Waals surface area contributed by atoms with Crippen molar-refractivity contribution in [3.63, 3.8) is 0 Å². The lowest BCUT2D eigenvalue weighted by atomic mass is 10.2. The number of carbonyl (C=O) groups excluding carboxylic acids is 1. The van der Waals surface area contributed by atoms with Crippen molar-refractivity contribution in [1.29, 1.82) is 0 Å². The van der Waals surface area contributed by atoms with Crippen LogP contribution in [0.1, 0.15) is 12.0 Å². The van der Waals surface area contributed by atoms with Gasteiger partial charge in [0.05, 0.1) is 5.75 Å². The van der Waals surface area contributed by atoms with Crippen molar-refractivity contribution in [2.75, 3.05) is 31.9 Å². The lowest BCUT2D eigenvalue weighted by Crippen LogP contribution is -2.36. The van der Waals surface area contributed by atoms with E-state index in [1.807, 2.05) is 11.0 Å². The second-order valence-corrected chi connectivity index (χ2v) is 7.23. The molecule has 0 unspecified atom stereocenters. The number of thioether (sulfide) groups is 1. The average molecular weight is 358 g/mol. The van der Waals surface area contributed by atoms with Crippen molar-refractivity contribution in [3.05, 3.63) is 66.0 Å². The fourth-order valence-corrected chi connectivity index (χ4v) is 3.85. The van der Waals surface area contributed by atoms with Gasteiger partial charge in [-0.15, -0.1) is 11.8 Å². The van der Waals surface area contributed by atoms with Gasteiger partial charge in [0, 0.05) is 37.6 Å². The molecule has 2 aromatic rings. The van der Waals surface area contributed by atoms with E-state index in [-0.39, 0.29) is 11.7 Å². The van der Waals surface area contributed by atoms with Crippen molar-refractivity contribution >= 4 is 17.7 Å². The number of halogens is 1. The quantitative estimate of drug-likeness (QED) is 0.762. The fraction of sp³-hybridized carbons (Fsp3) is 0.350. The summed E-state index contributed by atoms with van der Waals surface area (Å²) in [5.41, 5.74) is 1.30. The third-order valence-corrected chi connectivity index (χ3v) is 5.41. The second kappa shape index (κ2) is 9.02. The van der Waals surface area contributed by atoms with Gasteiger partial charge in [0.2, 0.25) is 5.91 Å². The molecular formula is C20H23FN2OS. The molecule has 1 aliphatic heterocycles. The van der Waals surface area contributed by atoms with Gasteiger partial charge in [0.1, 0.15) is 5.82 Å². The van der Waals surface area contributed by atoms with Gasteiger partial charge in [0.25, 0.3) is 0 Å². The molecule has 3 nitrogen and oxygen atoms in total. The molecule has 132 valence electrons. The van der Waals surface area contributed by atoms with E-state index in [0.717, 1.165) is 39.1 Å². The summed E-state index contributed by atoms with van der Waals surface area (Å²) in [7, 11) is 0. The van der Waals surface area contributed by atoms with Crippen molar-refractivity contribution < 1.29 is 9.18 Å². The second-order valence-electron chi connectivity index (χ2n) is 6.22. The molecule has 0 spiro atoms. The summed E-state index contributed by atoms with van der Waals surface area (Å²) in [6.07, 6.45) is 0.975. The van der Waals surface area contributed by atoms with Gasteiger partial charge >= 0.3 is 0 Å². The molecule has 1 aliphatic rings. The maximum Gasteiger partial charge on any atom is 0.232 e. The van der Waals surface area contributed by atoms with Crippen LogP contribution in [0.5, 0.6) is 0 Å². The van der Waals surface area contributed by atoms with Gasteiger partial charge in [-0.1, -0.05) is 42.5 Å². The highest BCUT2D eigenvalue weighted by molar-refractivity contribution is 8.00. The first-order valence-corrected chi connectivity index (χ1v) is 9.62. The molecule has 25 heavy (non-hydrogen) atoms. The van der Waals surface area contributed by atoms with Crippen LogP contribution in [0.2, 0.25) is 0 Å². The molecule has 0 aromatic heterocycles. The Morgan fingerprint density at radius 3 is 2.52 bits per heavy atom. The Balaban J connectivity index is 1.49. The highest BCUT2D eigenvalue weighted by atomic mass is 32.2. The van der Waals surface area contributed by atoms with E-state index in [1.54, 1.807) is 18.2 Å². The SMILES string of the molecule is O=C(CSc1ccccc1F)N1CCCN(Cc2ccccc2)CC1. The molecule has 0 radical (unpaired) electrons. The predicted octanol–water partition coefficient (Wildman–Crippen LogP) is 3.65. The molecule has 5 heteroatoms. The summed E-state index contributed by atoms with van der Waals surface area (Å²) in [6, 6.07) is 17.0. The van der Waals surface area contributed by atoms with Crippen LogP contribution in [-0.2, 0) is 11.3 Å². The average Bonchev–Trinajstić information content (AvgIpc) is 2.87. The van der Waals surface area contributed by atoms with E-state index in [4.69, 9.17) is 0 Å². The summed E-state index contributed by atoms with van der Waals surface area (Å²) in [5.74, 6) is 0.125. The Hall–Kier alpha value is -1.85. The highest BCUT2D eigenvalue weighted by Crippen LogP contribution is 2.21. The first kappa shape index (κ1) is 18.0. The number of hydrogen-bond acceptors (Lipinski definition) is 3. The zero-order valence-corrected chi connectivity index (χ0v) is 15.1. The summed E-state index contributed by atoms with van der Waals surface area (Å²) in [4.78, 5) is 17.3. The standard InChI is InChI=1S/C20H23FN2OS/c21-18-9-4-5-10-19(18)25-16-20(24)23-12-6-11-22(13-14-23)15-17-7-2-1-3-8-17/h1-5,7-10H,6,11-16H2. The molecule has 0 bridgehead atoms. The molecule has 1 saturated heterocycles. The molecule has 2 aromatic carbocycles. The Kier molecular flexibility index (Phi) is 6.48. The first-order chi connectivity index (χ1) is 12.2. The van der Waals surface area contributed by atoms with Crippen molar-refractivity contribution in [2.45, 2.75) is 17.9 Å². The number of nitrogens with zero attached hydrogens (tertiary/aromatic N) is 2. The Labute approximate surface area is 152 Å². The molecule has 1 heterocycles. The third-order valence-electron chi connectivity index (χ3n) is 4.38. The molecule has 1 fully saturated rings. The van der Waals surface area contributed by atoms with Crippen LogP contribution in [0.4, 0.5) is 4.39 Å². The van der Waals surface area contributed by atoms with Crippen LogP contribution < -0.4 is 0 Å². The molecular weight excluding hydrogens is 335 g/mol. The van der Waals surface area contributed by atoms with E-state index in [1.165, 1.54) is 23.4 Å². The molecule has 0 N–H and O–H groups in total. The molecule has 3 rings (SSSR count). The van der Waals surface area contributed by atoms with Crippen molar-refractivity contribution in [2.24, 2.45) is 0 Å². The van der Waals surface area contributed by atoms with Gasteiger partial charge < -0.3 is 4.90 Å². The number of rotatable bonds is 5. The molecule has 0 atom stereocenters. The number of hydrogen-bond donors (Lipinski definition) is 0. The van der Waals surface area contributed by atoms with E-state index in [2.05, 4.69) is 29.2 Å². The molecule has 1 amide bonds. The van der Waals surface area contributed by atoms with Gasteiger partial charge in [-0.3, -0.25) is 9.69 Å². The Bertz CT molecular complexity index is 695. The van der Waals surface area contributed by atoms with Gasteiger partial charge in [-0.25, -0.2) is 4.39 Å². The van der Waals surface area contributed by atoms with Crippen molar-refractivity contribution in [3.8, 4) is 0 Å². The topological polar surface area (TPSA) is 23.6 Å². The van der Waals surface area contributed by atoms with Gasteiger partial charge in [-0.05, 0) is 24.1 Å². The van der Waals surface area contributed by atoms with E-state index in [0.29, 0.717) is 10.6 Å². The number of carbonyl (C=O) groups is 1. The summed E-state index contributed by atoms with van der Waals surface area (Å²) in [6.45, 7) is 4.32. The maximum absolute atomic E-state index is 13.7. The predicted molar refractivity (Wildman–Crippen MR) is 100 cm³/mol. The number of amides is 1. The molecule has 0 aliphatic carbocycles. The molecule has 0 saturated carbocycles. The van der Waals surface area contributed by atoms with Gasteiger partial charge in [-0.2, -0.15) is 0 Å². The van der Waals surface area contributed by atoms with Crippen LogP contribution in [-0.4, -0.2) is 47.6 Å². The summed E-state index contributed by atoms with van der Waals surface area (Å²) >= 11 is 1.28. The Morgan fingerprint density at radius 2 is 1.72 bits per heavy atom. The van der Waals surface area contributed by atoms with Crippen LogP contribution >= 0.6 is 11.8 Å². The minimum absolute atomic E-state index is 0.0924. The normalized spacial score (nSPS) is 15.8. The van der Waals surface area contributed by atoms with Crippen molar-refractivity contribution in [1.82, 2.24) is 9.80 Å². The number of benzene rings is 2. The lowest BCUT2D eigenvalue weighted by Gasteiger charge is -2.22. The minimum Gasteiger partial charge on any atom is -0.341 e. The fourth-order valence-electron chi connectivity index (χ4n) is 3.01. The largest absolute Gasteiger partial charge is 0.341 e. The third kappa shape index (κ3) is 5.31. The van der Waals surface area contributed by atoms with E-state index in [9.17, 15) is 9.18 Å². The minimum atomic E-state index is -0.259. The Morgan fingerprint density at radius 1 is 0.960 bits per heavy atom. The summed E-state index contributed by atoms with van der Waals surface area (Å²) < 4.78 is 13.7. The van der Waals surface area contributed by atoms with Crippen LogP contribution in [0, 0.1) is 5.82 Å². The maximum atomic E-state index is 13.7. The van der Waals surface area contributed by atoms with Crippen LogP contribution in [0.25, 0.3) is 0 Å². The monoisotopic (exact) mass is 358 g/mol. The van der Waals surface area contributed by atoms with Gasteiger partial charge in [0.15, 0.2) is 0 Å². The van der Waals surface area contributed by atoms with E-state index >= 15 is 0 Å². The van der Waals surface area contributed by atoms with Crippen LogP contribution in [0.15, 0.2) is 59.5 Å². The highest BCUT2D eigenvalue weighted by Gasteiger charge is 2.19. The van der Waals surface area contributed by atoms with Crippen LogP contribution in [0.3, 0.4) is 0 Å². The van der Waals surface area contributed by atoms with E-state index < -0.39 is 0 Å². The zero-order valence-electron chi connectivity index (χ0n) is 14.2. The zero-order chi connectivity index (χ0) is 17.5.